The molecule has 1 aromatic carbocycles. The summed E-state index contributed by atoms with van der Waals surface area (Å²) in [6.07, 6.45) is 2.27. The van der Waals surface area contributed by atoms with Crippen LogP contribution in [-0.4, -0.2) is 25.5 Å². The first-order valence-corrected chi connectivity index (χ1v) is 7.92. The first kappa shape index (κ1) is 15.0. The Bertz CT molecular complexity index is 722. The predicted molar refractivity (Wildman–Crippen MR) is 78.5 cm³/mol. The lowest BCUT2D eigenvalue weighted by Gasteiger charge is -2.09. The first-order valence-electron chi connectivity index (χ1n) is 5.26. The molecule has 1 N–H and O–H groups in total. The van der Waals surface area contributed by atoms with E-state index in [9.17, 15) is 8.42 Å². The Morgan fingerprint density at radius 2 is 1.95 bits per heavy atom. The van der Waals surface area contributed by atoms with Crippen molar-refractivity contribution in [1.29, 1.82) is 0 Å². The molecule has 1 aromatic heterocycles. The van der Waals surface area contributed by atoms with Crippen LogP contribution in [-0.2, 0) is 10.0 Å². The van der Waals surface area contributed by atoms with Crippen LogP contribution >= 0.6 is 27.5 Å². The highest BCUT2D eigenvalue weighted by Gasteiger charge is 2.16. The minimum absolute atomic E-state index is 0.0175. The number of sulfonamides is 1. The monoisotopic (exact) mass is 377 g/mol. The minimum atomic E-state index is -3.76. The number of hydrogen-bond acceptors (Lipinski definition) is 5. The molecule has 0 atom stereocenters. The van der Waals surface area contributed by atoms with Gasteiger partial charge in [0.1, 0.15) is 10.6 Å². The number of benzene rings is 1. The topological polar surface area (TPSA) is 81.2 Å². The Balaban J connectivity index is 2.28. The van der Waals surface area contributed by atoms with E-state index in [4.69, 9.17) is 16.3 Å². The van der Waals surface area contributed by atoms with E-state index in [2.05, 4.69) is 30.6 Å². The first-order chi connectivity index (χ1) is 9.42. The molecule has 2 rings (SSSR count). The van der Waals surface area contributed by atoms with Crippen LogP contribution in [0.2, 0.25) is 5.28 Å². The van der Waals surface area contributed by atoms with Gasteiger partial charge in [0.25, 0.3) is 10.0 Å². The Morgan fingerprint density at radius 3 is 2.50 bits per heavy atom. The third kappa shape index (κ3) is 3.38. The SMILES string of the molecule is COc1ccc(NS(=O)(=O)c2cnc(Cl)nc2)cc1Br. The molecule has 0 aliphatic carbocycles. The molecule has 9 heteroatoms. The number of hydrogen-bond donors (Lipinski definition) is 1. The minimum Gasteiger partial charge on any atom is -0.496 e. The molecule has 0 radical (unpaired) electrons. The maximum Gasteiger partial charge on any atom is 0.264 e. The standard InChI is InChI=1S/C11H9BrClN3O3S/c1-19-10-3-2-7(4-9(10)12)16-20(17,18)8-5-14-11(13)15-6-8/h2-6,16H,1H3. The zero-order valence-electron chi connectivity index (χ0n) is 10.2. The van der Waals surface area contributed by atoms with Gasteiger partial charge in [-0.05, 0) is 45.7 Å². The van der Waals surface area contributed by atoms with Gasteiger partial charge in [-0.25, -0.2) is 18.4 Å². The van der Waals surface area contributed by atoms with Crippen LogP contribution in [0.25, 0.3) is 0 Å². The molecule has 0 saturated carbocycles. The molecule has 1 heterocycles. The van der Waals surface area contributed by atoms with Crippen molar-refractivity contribution in [3.63, 3.8) is 0 Å². The van der Waals surface area contributed by atoms with Crippen LogP contribution in [0, 0.1) is 0 Å². The predicted octanol–water partition coefficient (Wildman–Crippen LogP) is 2.70. The third-order valence-corrected chi connectivity index (χ3v) is 4.46. The number of nitrogens with zero attached hydrogens (tertiary/aromatic N) is 2. The second kappa shape index (κ2) is 5.94. The molecule has 106 valence electrons. The summed E-state index contributed by atoms with van der Waals surface area (Å²) in [4.78, 5) is 7.20. The number of halogens is 2. The van der Waals surface area contributed by atoms with Gasteiger partial charge in [-0.1, -0.05) is 0 Å². The Morgan fingerprint density at radius 1 is 1.30 bits per heavy atom. The molecule has 0 unspecified atom stereocenters. The van der Waals surface area contributed by atoms with Gasteiger partial charge in [-0.3, -0.25) is 4.72 Å². The van der Waals surface area contributed by atoms with Gasteiger partial charge in [0.2, 0.25) is 5.28 Å². The Kier molecular flexibility index (Phi) is 4.46. The van der Waals surface area contributed by atoms with E-state index in [-0.39, 0.29) is 10.2 Å². The average Bonchev–Trinajstić information content (AvgIpc) is 2.39. The van der Waals surface area contributed by atoms with Crippen molar-refractivity contribution in [3.8, 4) is 5.75 Å². The normalized spacial score (nSPS) is 11.2. The van der Waals surface area contributed by atoms with Crippen molar-refractivity contribution in [1.82, 2.24) is 9.97 Å². The number of ether oxygens (including phenoxy) is 1. The van der Waals surface area contributed by atoms with Crippen LogP contribution in [0.15, 0.2) is 40.0 Å². The highest BCUT2D eigenvalue weighted by Crippen LogP contribution is 2.28. The van der Waals surface area contributed by atoms with E-state index in [0.717, 1.165) is 12.4 Å². The summed E-state index contributed by atoms with van der Waals surface area (Å²) in [6.45, 7) is 0. The van der Waals surface area contributed by atoms with Crippen molar-refractivity contribution in [2.75, 3.05) is 11.8 Å². The number of rotatable bonds is 4. The highest BCUT2D eigenvalue weighted by molar-refractivity contribution is 9.10. The largest absolute Gasteiger partial charge is 0.496 e. The van der Waals surface area contributed by atoms with E-state index >= 15 is 0 Å². The van der Waals surface area contributed by atoms with E-state index in [1.807, 2.05) is 0 Å². The molecule has 0 aliphatic rings. The Labute approximate surface area is 129 Å². The summed E-state index contributed by atoms with van der Waals surface area (Å²) in [5.41, 5.74) is 0.382. The van der Waals surface area contributed by atoms with Gasteiger partial charge < -0.3 is 4.74 Å². The summed E-state index contributed by atoms with van der Waals surface area (Å²) in [6, 6.07) is 4.81. The number of aromatic nitrogens is 2. The molecule has 0 amide bonds. The van der Waals surface area contributed by atoms with Crippen LogP contribution in [0.3, 0.4) is 0 Å². The van der Waals surface area contributed by atoms with Crippen molar-refractivity contribution < 1.29 is 13.2 Å². The van der Waals surface area contributed by atoms with Gasteiger partial charge in [-0.15, -0.1) is 0 Å². The fourth-order valence-corrected chi connectivity index (χ4v) is 2.96. The lowest BCUT2D eigenvalue weighted by molar-refractivity contribution is 0.412. The van der Waals surface area contributed by atoms with Gasteiger partial charge in [-0.2, -0.15) is 0 Å². The number of anilines is 1. The molecular weight excluding hydrogens is 370 g/mol. The van der Waals surface area contributed by atoms with Crippen molar-refractivity contribution in [2.24, 2.45) is 0 Å². The molecule has 6 nitrogen and oxygen atoms in total. The molecule has 0 saturated heterocycles. The fourth-order valence-electron chi connectivity index (χ4n) is 1.38. The third-order valence-electron chi connectivity index (χ3n) is 2.31. The zero-order chi connectivity index (χ0) is 14.8. The quantitative estimate of drug-likeness (QED) is 0.827. The molecule has 0 bridgehead atoms. The second-order valence-corrected chi connectivity index (χ2v) is 6.52. The summed E-state index contributed by atoms with van der Waals surface area (Å²) in [7, 11) is -2.24. The van der Waals surface area contributed by atoms with Gasteiger partial charge in [0.05, 0.1) is 29.7 Å². The summed E-state index contributed by atoms with van der Waals surface area (Å²) < 4.78 is 32.3. The van der Waals surface area contributed by atoms with Crippen LogP contribution < -0.4 is 9.46 Å². The van der Waals surface area contributed by atoms with Gasteiger partial charge >= 0.3 is 0 Å². The van der Waals surface area contributed by atoms with Crippen LogP contribution in [0.1, 0.15) is 0 Å². The second-order valence-electron chi connectivity index (χ2n) is 3.64. The average molecular weight is 379 g/mol. The van der Waals surface area contributed by atoms with E-state index < -0.39 is 10.0 Å². The van der Waals surface area contributed by atoms with Gasteiger partial charge in [0, 0.05) is 0 Å². The van der Waals surface area contributed by atoms with Crippen LogP contribution in [0.5, 0.6) is 5.75 Å². The lowest BCUT2D eigenvalue weighted by Crippen LogP contribution is -2.13. The molecule has 0 aliphatic heterocycles. The zero-order valence-corrected chi connectivity index (χ0v) is 13.3. The van der Waals surface area contributed by atoms with E-state index in [1.54, 1.807) is 18.2 Å². The smallest absolute Gasteiger partial charge is 0.264 e. The molecule has 0 fully saturated rings. The van der Waals surface area contributed by atoms with Crippen LogP contribution in [0.4, 0.5) is 5.69 Å². The summed E-state index contributed by atoms with van der Waals surface area (Å²) in [5.74, 6) is 0.600. The summed E-state index contributed by atoms with van der Waals surface area (Å²) in [5, 5.41) is -0.0175. The Hall–Kier alpha value is -1.38. The molecule has 20 heavy (non-hydrogen) atoms. The van der Waals surface area contributed by atoms with Crippen molar-refractivity contribution in [2.45, 2.75) is 4.90 Å². The molecule has 2 aromatic rings. The van der Waals surface area contributed by atoms with E-state index in [1.165, 1.54) is 7.11 Å². The summed E-state index contributed by atoms with van der Waals surface area (Å²) >= 11 is 8.80. The molecule has 0 spiro atoms. The fraction of sp³-hybridized carbons (Fsp3) is 0.0909. The van der Waals surface area contributed by atoms with E-state index in [0.29, 0.717) is 15.9 Å². The number of nitrogens with one attached hydrogen (secondary N) is 1. The lowest BCUT2D eigenvalue weighted by atomic mass is 10.3. The number of methoxy groups -OCH3 is 1. The maximum absolute atomic E-state index is 12.1. The van der Waals surface area contributed by atoms with Crippen molar-refractivity contribution in [3.05, 3.63) is 40.3 Å². The van der Waals surface area contributed by atoms with Crippen molar-refractivity contribution >= 4 is 43.2 Å². The maximum atomic E-state index is 12.1. The molecular formula is C11H9BrClN3O3S. The van der Waals surface area contributed by atoms with Gasteiger partial charge in [0.15, 0.2) is 0 Å². The highest BCUT2D eigenvalue weighted by atomic mass is 79.9.